The normalized spacial score (nSPS) is 14.1. The Balaban J connectivity index is 1.78. The predicted molar refractivity (Wildman–Crippen MR) is 89.3 cm³/mol. The van der Waals surface area contributed by atoms with Crippen molar-refractivity contribution in [3.63, 3.8) is 0 Å². The van der Waals surface area contributed by atoms with Crippen LogP contribution >= 0.6 is 0 Å². The molecule has 0 spiro atoms. The van der Waals surface area contributed by atoms with Crippen molar-refractivity contribution in [1.29, 1.82) is 0 Å². The van der Waals surface area contributed by atoms with Crippen LogP contribution in [0, 0.1) is 0 Å². The van der Waals surface area contributed by atoms with Gasteiger partial charge in [-0.1, -0.05) is 0 Å². The first-order valence-electron chi connectivity index (χ1n) is 8.08. The van der Waals surface area contributed by atoms with Gasteiger partial charge in [-0.15, -0.1) is 13.2 Å². The average Bonchev–Trinajstić information content (AvgIpc) is 3.01. The second-order valence-electron chi connectivity index (χ2n) is 5.88. The van der Waals surface area contributed by atoms with Gasteiger partial charge in [-0.25, -0.2) is 0 Å². The molecule has 1 N–H and O–H groups in total. The molecule has 0 radical (unpaired) electrons. The predicted octanol–water partition coefficient (Wildman–Crippen LogP) is 3.61. The van der Waals surface area contributed by atoms with Crippen LogP contribution in [0.4, 0.5) is 13.2 Å². The number of hydrogen-bond donors (Lipinski definition) is 1. The summed E-state index contributed by atoms with van der Waals surface area (Å²) in [6, 6.07) is 9.58. The van der Waals surface area contributed by atoms with Crippen molar-refractivity contribution in [3.05, 3.63) is 54.5 Å². The standard InChI is InChI=1S/C18H15F3N4O/c19-18(20,21)26-14-3-1-13(2-4-14)17-16(12-5-7-22-8-6-12)15-11-23-9-10-25(15)24-17/h1-8,23H,9-11H2. The lowest BCUT2D eigenvalue weighted by atomic mass is 9.99. The minimum atomic E-state index is -4.71. The molecule has 0 bridgehead atoms. The molecule has 5 nitrogen and oxygen atoms in total. The third-order valence-corrected chi connectivity index (χ3v) is 4.18. The molecule has 1 aromatic carbocycles. The van der Waals surface area contributed by atoms with Gasteiger partial charge in [0.05, 0.1) is 12.2 Å². The van der Waals surface area contributed by atoms with Crippen LogP contribution in [0.5, 0.6) is 5.75 Å². The molecule has 0 atom stereocenters. The van der Waals surface area contributed by atoms with Gasteiger partial charge in [0.25, 0.3) is 0 Å². The fraction of sp³-hybridized carbons (Fsp3) is 0.222. The van der Waals surface area contributed by atoms with E-state index in [2.05, 4.69) is 15.0 Å². The molecule has 26 heavy (non-hydrogen) atoms. The summed E-state index contributed by atoms with van der Waals surface area (Å²) in [6.45, 7) is 2.24. The summed E-state index contributed by atoms with van der Waals surface area (Å²) in [5, 5.41) is 8.02. The second-order valence-corrected chi connectivity index (χ2v) is 5.88. The van der Waals surface area contributed by atoms with Crippen LogP contribution < -0.4 is 10.1 Å². The van der Waals surface area contributed by atoms with Crippen molar-refractivity contribution in [3.8, 4) is 28.1 Å². The maximum absolute atomic E-state index is 12.4. The fourth-order valence-electron chi connectivity index (χ4n) is 3.09. The van der Waals surface area contributed by atoms with Crippen molar-refractivity contribution in [2.75, 3.05) is 6.54 Å². The lowest BCUT2D eigenvalue weighted by molar-refractivity contribution is -0.274. The van der Waals surface area contributed by atoms with E-state index in [9.17, 15) is 13.2 Å². The highest BCUT2D eigenvalue weighted by molar-refractivity contribution is 5.82. The SMILES string of the molecule is FC(F)(F)Oc1ccc(-c2nn3c(c2-c2ccncc2)CNCC3)cc1. The number of aromatic nitrogens is 3. The lowest BCUT2D eigenvalue weighted by Crippen LogP contribution is -2.28. The van der Waals surface area contributed by atoms with Gasteiger partial charge in [-0.05, 0) is 42.0 Å². The van der Waals surface area contributed by atoms with E-state index in [0.717, 1.165) is 41.2 Å². The van der Waals surface area contributed by atoms with Crippen LogP contribution in [0.25, 0.3) is 22.4 Å². The zero-order valence-corrected chi connectivity index (χ0v) is 13.6. The van der Waals surface area contributed by atoms with Crippen molar-refractivity contribution in [2.45, 2.75) is 19.5 Å². The zero-order valence-electron chi connectivity index (χ0n) is 13.6. The Kier molecular flexibility index (Phi) is 4.12. The van der Waals surface area contributed by atoms with Crippen molar-refractivity contribution in [2.24, 2.45) is 0 Å². The number of rotatable bonds is 3. The maximum atomic E-state index is 12.4. The van der Waals surface area contributed by atoms with E-state index in [0.29, 0.717) is 6.54 Å². The van der Waals surface area contributed by atoms with Crippen LogP contribution in [0.1, 0.15) is 5.69 Å². The summed E-state index contributed by atoms with van der Waals surface area (Å²) in [4.78, 5) is 4.05. The number of ether oxygens (including phenoxy) is 1. The fourth-order valence-corrected chi connectivity index (χ4v) is 3.09. The maximum Gasteiger partial charge on any atom is 0.573 e. The molecule has 0 amide bonds. The summed E-state index contributed by atoms with van der Waals surface area (Å²) in [5.74, 6) is -0.252. The molecule has 3 heterocycles. The van der Waals surface area contributed by atoms with Crippen molar-refractivity contribution in [1.82, 2.24) is 20.1 Å². The number of nitrogens with one attached hydrogen (secondary N) is 1. The highest BCUT2D eigenvalue weighted by atomic mass is 19.4. The summed E-state index contributed by atoms with van der Waals surface area (Å²) in [5.41, 5.74) is 4.44. The molecule has 0 saturated heterocycles. The van der Waals surface area contributed by atoms with Crippen molar-refractivity contribution < 1.29 is 17.9 Å². The summed E-state index contributed by atoms with van der Waals surface area (Å²) in [7, 11) is 0. The van der Waals surface area contributed by atoms with Gasteiger partial charge >= 0.3 is 6.36 Å². The number of hydrogen-bond acceptors (Lipinski definition) is 4. The highest BCUT2D eigenvalue weighted by Gasteiger charge is 2.31. The highest BCUT2D eigenvalue weighted by Crippen LogP contribution is 2.36. The molecule has 1 aliphatic heterocycles. The molecule has 0 aliphatic carbocycles. The van der Waals surface area contributed by atoms with Gasteiger partial charge in [0, 0.05) is 36.6 Å². The average molecular weight is 360 g/mol. The van der Waals surface area contributed by atoms with Gasteiger partial charge in [0.1, 0.15) is 11.4 Å². The molecule has 0 fully saturated rings. The van der Waals surface area contributed by atoms with Gasteiger partial charge in [-0.2, -0.15) is 5.10 Å². The zero-order chi connectivity index (χ0) is 18.1. The lowest BCUT2D eigenvalue weighted by Gasteiger charge is -2.16. The minimum Gasteiger partial charge on any atom is -0.406 e. The number of fused-ring (bicyclic) bond motifs is 1. The molecule has 3 aromatic rings. The first kappa shape index (κ1) is 16.6. The van der Waals surface area contributed by atoms with Crippen molar-refractivity contribution >= 4 is 0 Å². The Morgan fingerprint density at radius 1 is 1.00 bits per heavy atom. The van der Waals surface area contributed by atoms with Crippen LogP contribution in [0.15, 0.2) is 48.8 Å². The quantitative estimate of drug-likeness (QED) is 0.775. The Morgan fingerprint density at radius 2 is 1.73 bits per heavy atom. The number of pyridine rings is 1. The Labute approximate surface area is 147 Å². The molecule has 2 aromatic heterocycles. The first-order valence-corrected chi connectivity index (χ1v) is 8.08. The Hall–Kier alpha value is -2.87. The third-order valence-electron chi connectivity index (χ3n) is 4.18. The van der Waals surface area contributed by atoms with Gasteiger partial charge < -0.3 is 10.1 Å². The monoisotopic (exact) mass is 360 g/mol. The second kappa shape index (κ2) is 6.45. The van der Waals surface area contributed by atoms with E-state index >= 15 is 0 Å². The first-order chi connectivity index (χ1) is 12.5. The number of benzene rings is 1. The van der Waals surface area contributed by atoms with Crippen LogP contribution in [0.2, 0.25) is 0 Å². The summed E-state index contributed by atoms with van der Waals surface area (Å²) in [6.07, 6.45) is -1.29. The molecular formula is C18H15F3N4O. The Bertz CT molecular complexity index is 905. The van der Waals surface area contributed by atoms with Crippen LogP contribution in [-0.4, -0.2) is 27.7 Å². The molecular weight excluding hydrogens is 345 g/mol. The molecule has 4 rings (SSSR count). The van der Waals surface area contributed by atoms with Crippen LogP contribution in [-0.2, 0) is 13.1 Å². The number of alkyl halides is 3. The topological polar surface area (TPSA) is 52.0 Å². The van der Waals surface area contributed by atoms with Gasteiger partial charge in [-0.3, -0.25) is 9.67 Å². The third kappa shape index (κ3) is 3.28. The van der Waals surface area contributed by atoms with E-state index in [-0.39, 0.29) is 5.75 Å². The smallest absolute Gasteiger partial charge is 0.406 e. The number of halogens is 3. The molecule has 1 aliphatic rings. The summed E-state index contributed by atoms with van der Waals surface area (Å²) >= 11 is 0. The molecule has 8 heteroatoms. The van der Waals surface area contributed by atoms with E-state index in [1.54, 1.807) is 24.5 Å². The van der Waals surface area contributed by atoms with E-state index in [4.69, 9.17) is 5.10 Å². The molecule has 0 unspecified atom stereocenters. The van der Waals surface area contributed by atoms with Gasteiger partial charge in [0.2, 0.25) is 0 Å². The van der Waals surface area contributed by atoms with E-state index in [1.807, 2.05) is 16.8 Å². The van der Waals surface area contributed by atoms with Crippen LogP contribution in [0.3, 0.4) is 0 Å². The van der Waals surface area contributed by atoms with E-state index in [1.165, 1.54) is 12.1 Å². The summed E-state index contributed by atoms with van der Waals surface area (Å²) < 4.78 is 43.0. The molecule has 0 saturated carbocycles. The van der Waals surface area contributed by atoms with Gasteiger partial charge in [0.15, 0.2) is 0 Å². The number of nitrogens with zero attached hydrogens (tertiary/aromatic N) is 3. The van der Waals surface area contributed by atoms with E-state index < -0.39 is 6.36 Å². The largest absolute Gasteiger partial charge is 0.573 e. The minimum absolute atomic E-state index is 0.252. The Morgan fingerprint density at radius 3 is 2.42 bits per heavy atom. The molecule has 134 valence electrons.